The minimum Gasteiger partial charge on any atom is -0.487 e. The molecule has 0 heterocycles. The average molecular weight is 280 g/mol. The summed E-state index contributed by atoms with van der Waals surface area (Å²) >= 11 is 3.08. The summed E-state index contributed by atoms with van der Waals surface area (Å²) in [7, 11) is 0. The van der Waals surface area contributed by atoms with Crippen molar-refractivity contribution in [1.29, 1.82) is 0 Å². The van der Waals surface area contributed by atoms with Gasteiger partial charge in [0.15, 0.2) is 5.75 Å². The van der Waals surface area contributed by atoms with Crippen molar-refractivity contribution < 1.29 is 19.3 Å². The monoisotopic (exact) mass is 279 g/mol. The van der Waals surface area contributed by atoms with Gasteiger partial charge in [0, 0.05) is 6.07 Å². The standard InChI is InChI=1S/C9H11BrFNO3/c10-7-1-5(11)2-8(12)9(7)15-4-6(14)3-13/h1-2,6,13-14H,3-4,12H2. The first-order valence-electron chi connectivity index (χ1n) is 4.21. The molecular weight excluding hydrogens is 269 g/mol. The fourth-order valence-electron chi connectivity index (χ4n) is 0.965. The quantitative estimate of drug-likeness (QED) is 0.716. The van der Waals surface area contributed by atoms with Gasteiger partial charge in [-0.3, -0.25) is 0 Å². The summed E-state index contributed by atoms with van der Waals surface area (Å²) in [6.45, 7) is -0.510. The van der Waals surface area contributed by atoms with Crippen LogP contribution in [0.25, 0.3) is 0 Å². The lowest BCUT2D eigenvalue weighted by molar-refractivity contribution is 0.0536. The summed E-state index contributed by atoms with van der Waals surface area (Å²) in [6, 6.07) is 2.32. The number of rotatable bonds is 4. The van der Waals surface area contributed by atoms with Gasteiger partial charge in [0.2, 0.25) is 0 Å². The van der Waals surface area contributed by atoms with E-state index in [4.69, 9.17) is 20.7 Å². The summed E-state index contributed by atoms with van der Waals surface area (Å²) in [5, 5.41) is 17.6. The molecule has 4 N–H and O–H groups in total. The molecule has 6 heteroatoms. The highest BCUT2D eigenvalue weighted by atomic mass is 79.9. The van der Waals surface area contributed by atoms with E-state index in [1.165, 1.54) is 6.07 Å². The Balaban J connectivity index is 2.77. The van der Waals surface area contributed by atoms with Crippen molar-refractivity contribution in [2.45, 2.75) is 6.10 Å². The maximum Gasteiger partial charge on any atom is 0.156 e. The second-order valence-electron chi connectivity index (χ2n) is 2.95. The number of ether oxygens (including phenoxy) is 1. The summed E-state index contributed by atoms with van der Waals surface area (Å²) < 4.78 is 18.3. The number of benzene rings is 1. The van der Waals surface area contributed by atoms with Crippen LogP contribution >= 0.6 is 15.9 Å². The number of aliphatic hydroxyl groups is 2. The second-order valence-corrected chi connectivity index (χ2v) is 3.81. The van der Waals surface area contributed by atoms with Crippen molar-refractivity contribution in [3.8, 4) is 5.75 Å². The van der Waals surface area contributed by atoms with Gasteiger partial charge < -0.3 is 20.7 Å². The van der Waals surface area contributed by atoms with Crippen molar-refractivity contribution in [3.63, 3.8) is 0 Å². The summed E-state index contributed by atoms with van der Waals surface area (Å²) in [5.74, 6) is -0.224. The second kappa shape index (κ2) is 5.29. The Bertz CT molecular complexity index is 325. The fraction of sp³-hybridized carbons (Fsp3) is 0.333. The number of hydrogen-bond acceptors (Lipinski definition) is 4. The molecule has 0 bridgehead atoms. The van der Waals surface area contributed by atoms with Gasteiger partial charge in [-0.2, -0.15) is 0 Å². The lowest BCUT2D eigenvalue weighted by Gasteiger charge is -2.13. The van der Waals surface area contributed by atoms with Crippen LogP contribution in [-0.4, -0.2) is 29.5 Å². The van der Waals surface area contributed by atoms with Crippen LogP contribution in [0.4, 0.5) is 10.1 Å². The molecule has 84 valence electrons. The van der Waals surface area contributed by atoms with Gasteiger partial charge in [0.25, 0.3) is 0 Å². The lowest BCUT2D eigenvalue weighted by Crippen LogP contribution is -2.21. The van der Waals surface area contributed by atoms with Crippen molar-refractivity contribution in [2.75, 3.05) is 18.9 Å². The molecule has 1 atom stereocenters. The number of hydrogen-bond donors (Lipinski definition) is 3. The first-order chi connectivity index (χ1) is 7.04. The van der Waals surface area contributed by atoms with Gasteiger partial charge >= 0.3 is 0 Å². The van der Waals surface area contributed by atoms with Crippen LogP contribution in [0, 0.1) is 5.82 Å². The molecule has 0 aliphatic carbocycles. The zero-order valence-corrected chi connectivity index (χ0v) is 9.37. The molecule has 0 radical (unpaired) electrons. The van der Waals surface area contributed by atoms with E-state index in [1.54, 1.807) is 0 Å². The van der Waals surface area contributed by atoms with Crippen LogP contribution in [-0.2, 0) is 0 Å². The molecule has 0 amide bonds. The van der Waals surface area contributed by atoms with Crippen molar-refractivity contribution in [2.24, 2.45) is 0 Å². The van der Waals surface area contributed by atoms with E-state index in [2.05, 4.69) is 15.9 Å². The molecule has 0 aromatic heterocycles. The van der Waals surface area contributed by atoms with E-state index < -0.39 is 18.5 Å². The summed E-state index contributed by atoms with van der Waals surface area (Å²) in [5.41, 5.74) is 5.64. The molecule has 1 aromatic rings. The minimum atomic E-state index is -0.985. The van der Waals surface area contributed by atoms with E-state index >= 15 is 0 Å². The number of nitrogens with two attached hydrogens (primary N) is 1. The van der Waals surface area contributed by atoms with Crippen molar-refractivity contribution in [3.05, 3.63) is 22.4 Å². The average Bonchev–Trinajstić information content (AvgIpc) is 2.15. The molecule has 0 aliphatic heterocycles. The SMILES string of the molecule is Nc1cc(F)cc(Br)c1OCC(O)CO. The van der Waals surface area contributed by atoms with Crippen molar-refractivity contribution in [1.82, 2.24) is 0 Å². The molecule has 1 rings (SSSR count). The number of halogens is 2. The van der Waals surface area contributed by atoms with Gasteiger partial charge in [-0.05, 0) is 22.0 Å². The molecule has 0 saturated carbocycles. The third-order valence-electron chi connectivity index (χ3n) is 1.67. The molecule has 15 heavy (non-hydrogen) atoms. The topological polar surface area (TPSA) is 75.7 Å². The molecule has 4 nitrogen and oxygen atoms in total. The van der Waals surface area contributed by atoms with Crippen LogP contribution in [0.3, 0.4) is 0 Å². The van der Waals surface area contributed by atoms with E-state index in [1.807, 2.05) is 0 Å². The fourth-order valence-corrected chi connectivity index (χ4v) is 1.53. The highest BCUT2D eigenvalue weighted by Gasteiger charge is 2.10. The van der Waals surface area contributed by atoms with Gasteiger partial charge in [-0.25, -0.2) is 4.39 Å². The highest BCUT2D eigenvalue weighted by Crippen LogP contribution is 2.32. The first-order valence-corrected chi connectivity index (χ1v) is 5.00. The van der Waals surface area contributed by atoms with Crippen LogP contribution in [0.2, 0.25) is 0 Å². The van der Waals surface area contributed by atoms with E-state index in [0.29, 0.717) is 4.47 Å². The molecule has 0 fully saturated rings. The predicted molar refractivity (Wildman–Crippen MR) is 57.1 cm³/mol. The largest absolute Gasteiger partial charge is 0.487 e. The normalized spacial score (nSPS) is 12.5. The van der Waals surface area contributed by atoms with E-state index in [-0.39, 0.29) is 18.0 Å². The maximum absolute atomic E-state index is 12.8. The summed E-state index contributed by atoms with van der Waals surface area (Å²) in [4.78, 5) is 0. The maximum atomic E-state index is 12.8. The van der Waals surface area contributed by atoms with Crippen LogP contribution in [0.5, 0.6) is 5.75 Å². The smallest absolute Gasteiger partial charge is 0.156 e. The lowest BCUT2D eigenvalue weighted by atomic mass is 10.3. The third-order valence-corrected chi connectivity index (χ3v) is 2.26. The van der Waals surface area contributed by atoms with Crippen molar-refractivity contribution >= 4 is 21.6 Å². The molecular formula is C9H11BrFNO3. The first kappa shape index (κ1) is 12.2. The van der Waals surface area contributed by atoms with Crippen LogP contribution in [0.1, 0.15) is 0 Å². The van der Waals surface area contributed by atoms with Gasteiger partial charge in [0.1, 0.15) is 18.5 Å². The predicted octanol–water partition coefficient (Wildman–Crippen LogP) is 0.902. The Labute approximate surface area is 94.6 Å². The molecule has 0 saturated heterocycles. The van der Waals surface area contributed by atoms with Crippen LogP contribution < -0.4 is 10.5 Å². The highest BCUT2D eigenvalue weighted by molar-refractivity contribution is 9.10. The van der Waals surface area contributed by atoms with Gasteiger partial charge in [-0.15, -0.1) is 0 Å². The number of aliphatic hydroxyl groups excluding tert-OH is 2. The zero-order valence-electron chi connectivity index (χ0n) is 7.78. The van der Waals surface area contributed by atoms with Gasteiger partial charge in [-0.1, -0.05) is 0 Å². The summed E-state index contributed by atoms with van der Waals surface area (Å²) in [6.07, 6.45) is -0.985. The Morgan fingerprint density at radius 3 is 2.73 bits per heavy atom. The third kappa shape index (κ3) is 3.33. The molecule has 0 spiro atoms. The molecule has 1 unspecified atom stereocenters. The zero-order chi connectivity index (χ0) is 11.4. The molecule has 0 aliphatic rings. The Morgan fingerprint density at radius 1 is 1.53 bits per heavy atom. The Kier molecular flexibility index (Phi) is 4.31. The van der Waals surface area contributed by atoms with Crippen LogP contribution in [0.15, 0.2) is 16.6 Å². The van der Waals surface area contributed by atoms with E-state index in [9.17, 15) is 4.39 Å². The van der Waals surface area contributed by atoms with E-state index in [0.717, 1.165) is 6.07 Å². The Morgan fingerprint density at radius 2 is 2.20 bits per heavy atom. The number of nitrogen functional groups attached to an aromatic ring is 1. The van der Waals surface area contributed by atoms with Gasteiger partial charge in [0.05, 0.1) is 16.8 Å². The molecule has 1 aromatic carbocycles. The minimum absolute atomic E-state index is 0.106. The number of anilines is 1. The Hall–Kier alpha value is -0.850.